The number of carboxylic acid groups (broad SMARTS) is 1. The number of aliphatic carboxylic acids is 1. The van der Waals surface area contributed by atoms with E-state index in [0.29, 0.717) is 19.0 Å². The second-order valence-electron chi connectivity index (χ2n) is 8.79. The number of hydrogen-bond donors (Lipinski definition) is 1. The number of fused-ring (bicyclic) bond motifs is 2. The summed E-state index contributed by atoms with van der Waals surface area (Å²) >= 11 is 1.56. The number of alkyl halides is 3. The van der Waals surface area contributed by atoms with Crippen LogP contribution >= 0.6 is 11.3 Å². The van der Waals surface area contributed by atoms with Crippen molar-refractivity contribution in [3.8, 4) is 5.88 Å². The quantitative estimate of drug-likeness (QED) is 0.490. The van der Waals surface area contributed by atoms with Gasteiger partial charge >= 0.3 is 23.3 Å². The van der Waals surface area contributed by atoms with Crippen molar-refractivity contribution in [2.45, 2.75) is 44.1 Å². The van der Waals surface area contributed by atoms with Crippen molar-refractivity contribution in [3.05, 3.63) is 72.8 Å². The Bertz CT molecular complexity index is 1390. The fraction of sp³-hybridized carbons (Fsp3) is 0.435. The predicted octanol–water partition coefficient (Wildman–Crippen LogP) is 2.10. The van der Waals surface area contributed by atoms with Crippen LogP contribution in [0.3, 0.4) is 0 Å². The fourth-order valence-corrected chi connectivity index (χ4v) is 5.37. The van der Waals surface area contributed by atoms with Crippen molar-refractivity contribution >= 4 is 17.3 Å². The highest BCUT2D eigenvalue weighted by Crippen LogP contribution is 2.41. The number of carboxylic acids is 1. The summed E-state index contributed by atoms with van der Waals surface area (Å²) in [5, 5.41) is 13.8. The van der Waals surface area contributed by atoms with Crippen molar-refractivity contribution in [1.29, 1.82) is 0 Å². The average molecular weight is 540 g/mol. The van der Waals surface area contributed by atoms with E-state index in [-0.39, 0.29) is 5.41 Å². The summed E-state index contributed by atoms with van der Waals surface area (Å²) in [6.45, 7) is 3.33. The minimum Gasteiger partial charge on any atom is -0.481 e. The molecular weight excluding hydrogens is 515 g/mol. The lowest BCUT2D eigenvalue weighted by Crippen LogP contribution is -2.45. The van der Waals surface area contributed by atoms with Crippen LogP contribution in [0.25, 0.3) is 0 Å². The molecule has 0 aliphatic carbocycles. The van der Waals surface area contributed by atoms with Gasteiger partial charge in [-0.2, -0.15) is 18.3 Å². The van der Waals surface area contributed by atoms with Crippen molar-refractivity contribution in [3.63, 3.8) is 0 Å². The fourth-order valence-electron chi connectivity index (χ4n) is 4.68. The molecule has 1 saturated heterocycles. The second kappa shape index (κ2) is 10.5. The first kappa shape index (κ1) is 26.5. The average Bonchev–Trinajstić information content (AvgIpc) is 3.59. The molecule has 1 atom stereocenters. The Labute approximate surface area is 212 Å². The van der Waals surface area contributed by atoms with Gasteiger partial charge in [-0.05, 0) is 36.9 Å². The zero-order valence-corrected chi connectivity index (χ0v) is 20.6. The smallest absolute Gasteiger partial charge is 0.481 e. The molecule has 14 heteroatoms. The molecule has 10 nitrogen and oxygen atoms in total. The molecule has 0 amide bonds. The third-order valence-corrected chi connectivity index (χ3v) is 7.28. The van der Waals surface area contributed by atoms with Gasteiger partial charge in [0, 0.05) is 41.7 Å². The Morgan fingerprint density at radius 1 is 1.16 bits per heavy atom. The number of hydrogen-bond acceptors (Lipinski definition) is 8. The van der Waals surface area contributed by atoms with Crippen LogP contribution in [0.2, 0.25) is 0 Å². The lowest BCUT2D eigenvalue weighted by Gasteiger charge is -2.24. The molecule has 37 heavy (non-hydrogen) atoms. The molecule has 3 aromatic heterocycles. The summed E-state index contributed by atoms with van der Waals surface area (Å²) in [4.78, 5) is 41.9. The lowest BCUT2D eigenvalue weighted by molar-refractivity contribution is -0.192. The monoisotopic (exact) mass is 539 g/mol. The van der Waals surface area contributed by atoms with E-state index in [2.05, 4.69) is 9.88 Å². The molecule has 0 aromatic carbocycles. The summed E-state index contributed by atoms with van der Waals surface area (Å²) in [6.07, 6.45) is -1.61. The van der Waals surface area contributed by atoms with Crippen molar-refractivity contribution in [2.24, 2.45) is 0 Å². The topological polar surface area (TPSA) is 120 Å². The maximum absolute atomic E-state index is 12.8. The van der Waals surface area contributed by atoms with Gasteiger partial charge in [0.25, 0.3) is 0 Å². The second-order valence-corrected chi connectivity index (χ2v) is 9.82. The zero-order chi connectivity index (χ0) is 26.8. The number of likely N-dealkylation sites (tertiary alicyclic amines) is 1. The van der Waals surface area contributed by atoms with E-state index in [9.17, 15) is 22.8 Å². The number of aromatic nitrogens is 4. The summed E-state index contributed by atoms with van der Waals surface area (Å²) < 4.78 is 40.1. The molecule has 1 spiro atoms. The highest BCUT2D eigenvalue weighted by molar-refractivity contribution is 7.09. The molecule has 2 aliphatic heterocycles. The molecule has 5 heterocycles. The van der Waals surface area contributed by atoms with E-state index in [1.54, 1.807) is 29.2 Å². The Hall–Kier alpha value is -3.52. The summed E-state index contributed by atoms with van der Waals surface area (Å²) in [6, 6.07) is 7.84. The number of methoxy groups -OCH3 is 1. The van der Waals surface area contributed by atoms with Crippen LogP contribution < -0.4 is 15.9 Å². The summed E-state index contributed by atoms with van der Waals surface area (Å²) in [5.41, 5.74) is -0.150. The highest BCUT2D eigenvalue weighted by Gasteiger charge is 2.47. The van der Waals surface area contributed by atoms with Crippen LogP contribution in [0.15, 0.2) is 45.4 Å². The van der Waals surface area contributed by atoms with E-state index >= 15 is 0 Å². The van der Waals surface area contributed by atoms with Crippen LogP contribution in [-0.2, 0) is 29.8 Å². The number of pyridine rings is 1. The Morgan fingerprint density at radius 2 is 1.89 bits per heavy atom. The van der Waals surface area contributed by atoms with Gasteiger partial charge in [0.2, 0.25) is 5.88 Å². The molecular formula is C23H24F3N5O5S. The van der Waals surface area contributed by atoms with Gasteiger partial charge in [-0.15, -0.1) is 11.3 Å². The first-order chi connectivity index (χ1) is 17.5. The van der Waals surface area contributed by atoms with E-state index in [4.69, 9.17) is 19.7 Å². The van der Waals surface area contributed by atoms with Gasteiger partial charge in [-0.1, -0.05) is 12.1 Å². The lowest BCUT2D eigenvalue weighted by atomic mass is 9.85. The molecule has 5 rings (SSSR count). The van der Waals surface area contributed by atoms with E-state index in [1.807, 2.05) is 29.6 Å². The summed E-state index contributed by atoms with van der Waals surface area (Å²) in [7, 11) is 1.63. The molecule has 1 fully saturated rings. The maximum atomic E-state index is 12.8. The molecule has 0 bridgehead atoms. The number of rotatable bonds is 5. The van der Waals surface area contributed by atoms with Crippen LogP contribution in [0, 0.1) is 0 Å². The minimum atomic E-state index is -5.08. The number of carbonyl (C=O) groups is 1. The highest BCUT2D eigenvalue weighted by atomic mass is 32.1. The third kappa shape index (κ3) is 5.59. The van der Waals surface area contributed by atoms with Crippen molar-refractivity contribution < 1.29 is 27.8 Å². The molecule has 0 saturated carbocycles. The third-order valence-electron chi connectivity index (χ3n) is 6.42. The maximum Gasteiger partial charge on any atom is 0.490 e. The van der Waals surface area contributed by atoms with Crippen LogP contribution in [0.4, 0.5) is 13.2 Å². The Balaban J connectivity index is 0.000000405. The molecule has 3 aromatic rings. The van der Waals surface area contributed by atoms with Crippen molar-refractivity contribution in [1.82, 2.24) is 24.2 Å². The zero-order valence-electron chi connectivity index (χ0n) is 19.8. The van der Waals surface area contributed by atoms with Gasteiger partial charge in [-0.3, -0.25) is 19.1 Å². The molecule has 1 unspecified atom stereocenters. The van der Waals surface area contributed by atoms with Gasteiger partial charge in [-0.25, -0.2) is 14.5 Å². The standard InChI is InChI=1S/C21H23N5O3S.C2HF3O2/c1-29-17-15(4-2-8-22-17)12-24-9-6-21(14-24)7-10-25-18(27)19(28)26(23-20(21)25)13-16-5-3-11-30-16;3-2(4,5)1(6)7/h2-5,8,11H,6-7,9-10,12-14H2,1H3;(H,6,7). The molecule has 198 valence electrons. The van der Waals surface area contributed by atoms with E-state index in [0.717, 1.165) is 48.7 Å². The number of halogens is 3. The summed E-state index contributed by atoms with van der Waals surface area (Å²) in [5.74, 6) is -1.36. The normalized spacial score (nSPS) is 18.9. The number of nitrogens with zero attached hydrogens (tertiary/aromatic N) is 5. The van der Waals surface area contributed by atoms with Gasteiger partial charge in [0.15, 0.2) is 0 Å². The van der Waals surface area contributed by atoms with Crippen molar-refractivity contribution in [2.75, 3.05) is 20.2 Å². The molecule has 0 radical (unpaired) electrons. The largest absolute Gasteiger partial charge is 0.490 e. The first-order valence-electron chi connectivity index (χ1n) is 11.3. The molecule has 1 N–H and O–H groups in total. The predicted molar refractivity (Wildman–Crippen MR) is 127 cm³/mol. The van der Waals surface area contributed by atoms with E-state index < -0.39 is 23.3 Å². The first-order valence-corrected chi connectivity index (χ1v) is 12.2. The Kier molecular flexibility index (Phi) is 7.50. The van der Waals surface area contributed by atoms with Gasteiger partial charge < -0.3 is 9.84 Å². The van der Waals surface area contributed by atoms with Crippen LogP contribution in [0.1, 0.15) is 29.1 Å². The van der Waals surface area contributed by atoms with Crippen LogP contribution in [0.5, 0.6) is 5.88 Å². The van der Waals surface area contributed by atoms with Gasteiger partial charge in [0.05, 0.1) is 13.7 Å². The molecule has 2 aliphatic rings. The SMILES string of the molecule is COc1ncccc1CN1CCC2(CCn3c2nn(Cc2cccs2)c(=O)c3=O)C1.O=C(O)C(F)(F)F. The van der Waals surface area contributed by atoms with E-state index in [1.165, 1.54) is 4.68 Å². The number of thiophene rings is 1. The minimum absolute atomic E-state index is 0.195. The Morgan fingerprint density at radius 3 is 2.54 bits per heavy atom. The number of ether oxygens (including phenoxy) is 1. The van der Waals surface area contributed by atoms with Crippen LogP contribution in [-0.4, -0.2) is 61.7 Å². The van der Waals surface area contributed by atoms with Gasteiger partial charge in [0.1, 0.15) is 5.82 Å².